The van der Waals surface area contributed by atoms with Gasteiger partial charge in [0.2, 0.25) is 0 Å². The van der Waals surface area contributed by atoms with E-state index in [-0.39, 0.29) is 14.0 Å². The Hall–Kier alpha value is -0.765. The third kappa shape index (κ3) is 15.2. The number of methoxy groups -OCH3 is 1. The molecule has 0 saturated heterocycles. The van der Waals surface area contributed by atoms with Gasteiger partial charge in [-0.3, -0.25) is 9.89 Å². The van der Waals surface area contributed by atoms with Crippen molar-refractivity contribution in [2.45, 2.75) is 6.55 Å². The third-order valence-electron chi connectivity index (χ3n) is 4.30. The van der Waals surface area contributed by atoms with Crippen LogP contribution in [0.2, 0.25) is 0 Å². The standard InChI is InChI=1S/C11H8F2N2O.C7H9BO3.C3H3BrN2.H8P6/c12-11(13)15-6-5-10(14-15)9-3-1-8(7-16)2-4-9;1-11-7-4-2-6(3-5-7)8(9)10;4-3-1-2-5-6-3;1-5(2)6(3)4/h1-7,11H;2-5,9-10H,1H3;1-2H,(H,5,6);1-4H2. The van der Waals surface area contributed by atoms with Crippen molar-refractivity contribution < 1.29 is 28.4 Å². The second-order valence-electron chi connectivity index (χ2n) is 7.01. The number of aldehydes is 1. The number of alkyl halides is 2. The molecule has 0 fully saturated rings. The van der Waals surface area contributed by atoms with Gasteiger partial charge in [0.15, 0.2) is 0 Å². The van der Waals surface area contributed by atoms with Crippen molar-refractivity contribution in [2.24, 2.45) is 0 Å². The molecule has 0 aliphatic heterocycles. The summed E-state index contributed by atoms with van der Waals surface area (Å²) in [6.45, 7) is -2.31. The Balaban J connectivity index is 0.000000286. The van der Waals surface area contributed by atoms with Gasteiger partial charge in [-0.15, -0.1) is 35.7 Å². The van der Waals surface area contributed by atoms with Crippen LogP contribution in [0.25, 0.3) is 11.3 Å². The van der Waals surface area contributed by atoms with Crippen molar-refractivity contribution >= 4 is 84.5 Å². The van der Waals surface area contributed by atoms with E-state index in [2.05, 4.69) is 66.9 Å². The summed E-state index contributed by atoms with van der Waals surface area (Å²) >= 11 is 3.16. The molecule has 2 heterocycles. The first-order valence-corrected chi connectivity index (χ1v) is 21.3. The molecule has 0 amide bonds. The number of carbonyl (C=O) groups excluding carboxylic acids is 1. The maximum absolute atomic E-state index is 12.3. The van der Waals surface area contributed by atoms with E-state index in [1.54, 1.807) is 61.8 Å². The first-order chi connectivity index (χ1) is 18.5. The molecule has 0 bridgehead atoms. The van der Waals surface area contributed by atoms with Crippen LogP contribution in [-0.2, 0) is 0 Å². The van der Waals surface area contributed by atoms with Gasteiger partial charge in [-0.1, -0.05) is 36.4 Å². The van der Waals surface area contributed by atoms with E-state index in [0.29, 0.717) is 32.7 Å². The van der Waals surface area contributed by atoms with E-state index in [9.17, 15) is 13.6 Å². The lowest BCUT2D eigenvalue weighted by atomic mass is 9.80. The Morgan fingerprint density at radius 2 is 1.62 bits per heavy atom. The van der Waals surface area contributed by atoms with Gasteiger partial charge < -0.3 is 14.8 Å². The van der Waals surface area contributed by atoms with Crippen molar-refractivity contribution in [3.63, 3.8) is 0 Å². The Labute approximate surface area is 245 Å². The van der Waals surface area contributed by atoms with Gasteiger partial charge in [0, 0.05) is 23.5 Å². The van der Waals surface area contributed by atoms with Crippen LogP contribution in [-0.4, -0.2) is 50.5 Å². The summed E-state index contributed by atoms with van der Waals surface area (Å²) in [6.07, 6.45) is 3.62. The largest absolute Gasteiger partial charge is 0.497 e. The average molecular weight is 715 g/mol. The van der Waals surface area contributed by atoms with Gasteiger partial charge in [-0.25, -0.2) is 4.68 Å². The Morgan fingerprint density at radius 1 is 1.03 bits per heavy atom. The number of H-pyrrole nitrogens is 1. The number of hydrogen-bond donors (Lipinski definition) is 3. The zero-order valence-electron chi connectivity index (χ0n) is 20.6. The highest BCUT2D eigenvalue weighted by Crippen LogP contribution is 2.86. The van der Waals surface area contributed by atoms with Crippen molar-refractivity contribution in [1.82, 2.24) is 20.0 Å². The fourth-order valence-electron chi connectivity index (χ4n) is 2.35. The molecule has 4 aromatic rings. The molecule has 2 aromatic carbocycles. The van der Waals surface area contributed by atoms with E-state index in [1.165, 1.54) is 12.3 Å². The number of aromatic nitrogens is 4. The Bertz CT molecular complexity index is 1200. The van der Waals surface area contributed by atoms with Crippen LogP contribution >= 0.6 is 65.6 Å². The number of carbonyl (C=O) groups is 1. The predicted octanol–water partition coefficient (Wildman–Crippen LogP) is 6.33. The first-order valence-electron chi connectivity index (χ1n) is 10.6. The molecular formula is C21H28BBrF2N4O4P6. The first kappa shape index (κ1) is 36.3. The monoisotopic (exact) mass is 714 g/mol. The van der Waals surface area contributed by atoms with Gasteiger partial charge >= 0.3 is 13.7 Å². The fourth-order valence-corrected chi connectivity index (χ4v) is 2.57. The summed E-state index contributed by atoms with van der Waals surface area (Å²) in [4.78, 5) is 10.4. The van der Waals surface area contributed by atoms with E-state index < -0.39 is 13.7 Å². The molecule has 2 aromatic heterocycles. The van der Waals surface area contributed by atoms with Crippen LogP contribution in [0.5, 0.6) is 5.75 Å². The van der Waals surface area contributed by atoms with Crippen LogP contribution < -0.4 is 10.2 Å². The molecule has 0 radical (unpaired) electrons. The molecule has 0 aliphatic carbocycles. The summed E-state index contributed by atoms with van der Waals surface area (Å²) in [5.74, 6) is 0.703. The minimum Gasteiger partial charge on any atom is -0.497 e. The second-order valence-corrected chi connectivity index (χ2v) is 27.6. The summed E-state index contributed by atoms with van der Waals surface area (Å²) in [5, 5.41) is 27.4. The zero-order chi connectivity index (χ0) is 29.4. The number of halogens is 3. The predicted molar refractivity (Wildman–Crippen MR) is 176 cm³/mol. The van der Waals surface area contributed by atoms with Gasteiger partial charge in [-0.2, -0.15) is 19.0 Å². The van der Waals surface area contributed by atoms with E-state index >= 15 is 0 Å². The number of aromatic amines is 1. The fraction of sp³-hybridized carbons (Fsp3) is 0.0952. The maximum Gasteiger partial charge on any atom is 0.488 e. The zero-order valence-corrected chi connectivity index (χ0v) is 28.5. The average Bonchev–Trinajstić information content (AvgIpc) is 3.62. The van der Waals surface area contributed by atoms with Crippen molar-refractivity contribution in [3.05, 3.63) is 83.2 Å². The number of ether oxygens (including phenoxy) is 1. The smallest absolute Gasteiger partial charge is 0.488 e. The van der Waals surface area contributed by atoms with Crippen LogP contribution in [0.3, 0.4) is 0 Å². The van der Waals surface area contributed by atoms with Gasteiger partial charge in [0.05, 0.1) is 12.8 Å². The van der Waals surface area contributed by atoms with Crippen LogP contribution in [0.1, 0.15) is 16.9 Å². The molecule has 18 heteroatoms. The molecule has 4 rings (SSSR count). The Morgan fingerprint density at radius 3 is 1.95 bits per heavy atom. The molecule has 0 saturated carbocycles. The van der Waals surface area contributed by atoms with Gasteiger partial charge in [0.1, 0.15) is 16.6 Å². The summed E-state index contributed by atoms with van der Waals surface area (Å²) in [5.41, 5.74) is 2.16. The van der Waals surface area contributed by atoms with Crippen molar-refractivity contribution in [1.29, 1.82) is 0 Å². The number of nitrogens with one attached hydrogen (secondary N) is 1. The lowest BCUT2D eigenvalue weighted by molar-refractivity contribution is 0.0568. The SMILES string of the molecule is Brc1ccn[nH]1.COc1ccc(B(O)O)cc1.O=Cc1ccc(-c2ccn(C(F)F)n2)cc1.PP(P)P(P)P. The molecule has 8 nitrogen and oxygen atoms in total. The van der Waals surface area contributed by atoms with Crippen molar-refractivity contribution in [2.75, 3.05) is 7.11 Å². The molecule has 0 aliphatic rings. The van der Waals surface area contributed by atoms with Crippen LogP contribution in [0, 0.1) is 0 Å². The summed E-state index contributed by atoms with van der Waals surface area (Å²) in [6, 6.07) is 16.5. The van der Waals surface area contributed by atoms with E-state index in [4.69, 9.17) is 14.8 Å². The lowest BCUT2D eigenvalue weighted by Gasteiger charge is -2.06. The normalized spacial score (nSPS) is 10.1. The van der Waals surface area contributed by atoms with Gasteiger partial charge in [-0.05, 0) is 59.6 Å². The molecular weight excluding hydrogens is 687 g/mol. The highest BCUT2D eigenvalue weighted by atomic mass is 79.9. The minimum absolute atomic E-state index is 0.165. The topological polar surface area (TPSA) is 113 Å². The number of hydrogen-bond acceptors (Lipinski definition) is 6. The quantitative estimate of drug-likeness (QED) is 0.122. The minimum atomic E-state index is -2.64. The van der Waals surface area contributed by atoms with E-state index in [0.717, 1.165) is 10.9 Å². The summed E-state index contributed by atoms with van der Waals surface area (Å²) in [7, 11) is 11.3. The lowest BCUT2D eigenvalue weighted by Crippen LogP contribution is -2.29. The molecule has 4 unspecified atom stereocenters. The highest BCUT2D eigenvalue weighted by Gasteiger charge is 2.09. The molecule has 210 valence electrons. The molecule has 0 spiro atoms. The van der Waals surface area contributed by atoms with E-state index in [1.807, 2.05) is 6.07 Å². The van der Waals surface area contributed by atoms with Gasteiger partial charge in [0.25, 0.3) is 0 Å². The number of nitrogens with zero attached hydrogens (tertiary/aromatic N) is 3. The number of rotatable bonds is 6. The summed E-state index contributed by atoms with van der Waals surface area (Å²) < 4.78 is 30.9. The van der Waals surface area contributed by atoms with Crippen LogP contribution in [0.4, 0.5) is 8.78 Å². The molecule has 4 atom stereocenters. The highest BCUT2D eigenvalue weighted by molar-refractivity contribution is 9.10. The molecule has 39 heavy (non-hydrogen) atoms. The van der Waals surface area contributed by atoms with Crippen molar-refractivity contribution in [3.8, 4) is 17.0 Å². The van der Waals surface area contributed by atoms with Crippen LogP contribution in [0.15, 0.2) is 77.7 Å². The molecule has 3 N–H and O–H groups in total. The third-order valence-corrected chi connectivity index (χ3v) is 26.1. The number of benzene rings is 2. The Kier molecular flexibility index (Phi) is 18.8. The maximum atomic E-state index is 12.3. The second kappa shape index (κ2) is 20.2.